The van der Waals surface area contributed by atoms with E-state index in [1.165, 1.54) is 0 Å². The third kappa shape index (κ3) is 1.83. The van der Waals surface area contributed by atoms with Crippen molar-refractivity contribution in [3.05, 3.63) is 36.0 Å². The number of rotatable bonds is 3. The predicted octanol–water partition coefficient (Wildman–Crippen LogP) is 1.81. The molecule has 3 N–H and O–H groups in total. The first-order valence-corrected chi connectivity index (χ1v) is 6.47. The van der Waals surface area contributed by atoms with Gasteiger partial charge in [0.25, 0.3) is 5.91 Å². The van der Waals surface area contributed by atoms with Gasteiger partial charge >= 0.3 is 0 Å². The molecular weight excluding hydrogens is 256 g/mol. The zero-order chi connectivity index (χ0) is 13.5. The summed E-state index contributed by atoms with van der Waals surface area (Å²) in [5, 5.41) is 17.4. The molecule has 0 unspecified atom stereocenters. The maximum Gasteiger partial charge on any atom is 0.295 e. The molecule has 0 aliphatic heterocycles. The Kier molecular flexibility index (Phi) is 2.32. The molecule has 0 atom stereocenters. The van der Waals surface area contributed by atoms with Crippen molar-refractivity contribution in [1.82, 2.24) is 25.4 Å². The molecule has 2 heterocycles. The van der Waals surface area contributed by atoms with Gasteiger partial charge in [0, 0.05) is 11.3 Å². The van der Waals surface area contributed by atoms with Crippen LogP contribution in [-0.2, 0) is 0 Å². The first-order chi connectivity index (χ1) is 9.81. The van der Waals surface area contributed by atoms with Crippen LogP contribution in [0.1, 0.15) is 35.2 Å². The predicted molar refractivity (Wildman–Crippen MR) is 72.4 cm³/mol. The number of aromatic nitrogens is 5. The summed E-state index contributed by atoms with van der Waals surface area (Å²) in [6.45, 7) is 0. The first-order valence-electron chi connectivity index (χ1n) is 6.47. The summed E-state index contributed by atoms with van der Waals surface area (Å²) in [5.74, 6) is 1.09. The standard InChI is InChI=1S/C13H12N6O/c20-13(12-16-11(18-19-12)7-4-5-7)15-9-3-1-2-8-6-14-17-10(8)9/h1-3,6-7H,4-5H2,(H,14,17)(H,15,20)(H,16,18,19). The number of nitrogens with zero attached hydrogens (tertiary/aromatic N) is 3. The van der Waals surface area contributed by atoms with Crippen LogP contribution in [-0.4, -0.2) is 31.3 Å². The Labute approximate surface area is 113 Å². The smallest absolute Gasteiger partial charge is 0.295 e. The van der Waals surface area contributed by atoms with Gasteiger partial charge in [0.1, 0.15) is 5.82 Å². The number of para-hydroxylation sites is 1. The molecule has 0 spiro atoms. The molecule has 0 radical (unpaired) electrons. The van der Waals surface area contributed by atoms with E-state index in [-0.39, 0.29) is 11.7 Å². The number of nitrogens with one attached hydrogen (secondary N) is 3. The van der Waals surface area contributed by atoms with E-state index >= 15 is 0 Å². The molecule has 7 heteroatoms. The fourth-order valence-electron chi connectivity index (χ4n) is 2.17. The summed E-state index contributed by atoms with van der Waals surface area (Å²) in [5.41, 5.74) is 1.46. The zero-order valence-corrected chi connectivity index (χ0v) is 10.6. The van der Waals surface area contributed by atoms with Gasteiger partial charge in [-0.05, 0) is 18.9 Å². The molecule has 4 rings (SSSR count). The molecule has 7 nitrogen and oxygen atoms in total. The Hall–Kier alpha value is -2.70. The molecule has 1 saturated carbocycles. The third-order valence-corrected chi connectivity index (χ3v) is 3.39. The Bertz CT molecular complexity index is 785. The minimum atomic E-state index is -0.324. The average Bonchev–Trinajstić information content (AvgIpc) is 3.01. The van der Waals surface area contributed by atoms with Gasteiger partial charge in [0.05, 0.1) is 17.4 Å². The number of aromatic amines is 2. The number of carbonyl (C=O) groups excluding carboxylic acids is 1. The molecule has 0 bridgehead atoms. The van der Waals surface area contributed by atoms with Crippen molar-refractivity contribution < 1.29 is 4.79 Å². The Balaban J connectivity index is 1.60. The maximum absolute atomic E-state index is 12.1. The van der Waals surface area contributed by atoms with E-state index in [1.54, 1.807) is 6.20 Å². The van der Waals surface area contributed by atoms with E-state index in [2.05, 4.69) is 30.7 Å². The molecule has 3 aromatic rings. The summed E-state index contributed by atoms with van der Waals surface area (Å²) in [6, 6.07) is 5.60. The highest BCUT2D eigenvalue weighted by Gasteiger charge is 2.28. The molecule has 1 aliphatic rings. The summed E-state index contributed by atoms with van der Waals surface area (Å²) >= 11 is 0. The van der Waals surface area contributed by atoms with Crippen molar-refractivity contribution in [3.8, 4) is 0 Å². The lowest BCUT2D eigenvalue weighted by Crippen LogP contribution is -2.14. The monoisotopic (exact) mass is 268 g/mol. The second kappa shape index (κ2) is 4.16. The minimum Gasteiger partial charge on any atom is -0.317 e. The molecule has 1 aliphatic carbocycles. The molecule has 100 valence electrons. The third-order valence-electron chi connectivity index (χ3n) is 3.39. The van der Waals surface area contributed by atoms with Crippen molar-refractivity contribution >= 4 is 22.5 Å². The lowest BCUT2D eigenvalue weighted by molar-refractivity contribution is 0.101. The summed E-state index contributed by atoms with van der Waals surface area (Å²) < 4.78 is 0. The Morgan fingerprint density at radius 3 is 3.05 bits per heavy atom. The maximum atomic E-state index is 12.1. The second-order valence-corrected chi connectivity index (χ2v) is 4.91. The minimum absolute atomic E-state index is 0.170. The van der Waals surface area contributed by atoms with E-state index < -0.39 is 0 Å². The van der Waals surface area contributed by atoms with E-state index in [9.17, 15) is 4.79 Å². The van der Waals surface area contributed by atoms with Crippen molar-refractivity contribution in [3.63, 3.8) is 0 Å². The van der Waals surface area contributed by atoms with Crippen molar-refractivity contribution in [2.75, 3.05) is 5.32 Å². The van der Waals surface area contributed by atoms with Gasteiger partial charge in [-0.2, -0.15) is 5.10 Å². The highest BCUT2D eigenvalue weighted by molar-refractivity contribution is 6.06. The number of hydrogen-bond donors (Lipinski definition) is 3. The number of benzene rings is 1. The van der Waals surface area contributed by atoms with Gasteiger partial charge in [-0.15, -0.1) is 5.10 Å². The van der Waals surface area contributed by atoms with Gasteiger partial charge in [-0.1, -0.05) is 12.1 Å². The van der Waals surface area contributed by atoms with Crippen molar-refractivity contribution in [2.24, 2.45) is 0 Å². The van der Waals surface area contributed by atoms with Crippen LogP contribution in [0.3, 0.4) is 0 Å². The fraction of sp³-hybridized carbons (Fsp3) is 0.231. The molecular formula is C13H12N6O. The van der Waals surface area contributed by atoms with Gasteiger partial charge < -0.3 is 5.32 Å². The molecule has 20 heavy (non-hydrogen) atoms. The van der Waals surface area contributed by atoms with Crippen LogP contribution in [0.25, 0.3) is 10.9 Å². The topological polar surface area (TPSA) is 99.4 Å². The zero-order valence-electron chi connectivity index (χ0n) is 10.6. The van der Waals surface area contributed by atoms with E-state index in [4.69, 9.17) is 0 Å². The van der Waals surface area contributed by atoms with Crippen LogP contribution < -0.4 is 5.32 Å². The SMILES string of the molecule is O=C(Nc1cccc2cn[nH]c12)c1n[nH]c(C2CC2)n1. The quantitative estimate of drug-likeness (QED) is 0.674. The number of carbonyl (C=O) groups is 1. The van der Waals surface area contributed by atoms with Crippen LogP contribution in [0.2, 0.25) is 0 Å². The van der Waals surface area contributed by atoms with Crippen LogP contribution in [0, 0.1) is 0 Å². The number of fused-ring (bicyclic) bond motifs is 1. The lowest BCUT2D eigenvalue weighted by atomic mass is 10.2. The summed E-state index contributed by atoms with van der Waals surface area (Å²) in [7, 11) is 0. The van der Waals surface area contributed by atoms with Crippen molar-refractivity contribution in [2.45, 2.75) is 18.8 Å². The Morgan fingerprint density at radius 1 is 1.30 bits per heavy atom. The number of amides is 1. The van der Waals surface area contributed by atoms with Crippen LogP contribution in [0.4, 0.5) is 5.69 Å². The molecule has 1 amide bonds. The fourth-order valence-corrected chi connectivity index (χ4v) is 2.17. The van der Waals surface area contributed by atoms with Crippen LogP contribution >= 0.6 is 0 Å². The molecule has 1 fully saturated rings. The van der Waals surface area contributed by atoms with E-state index in [0.717, 1.165) is 29.6 Å². The molecule has 1 aromatic carbocycles. The van der Waals surface area contributed by atoms with Gasteiger partial charge in [0.2, 0.25) is 5.82 Å². The van der Waals surface area contributed by atoms with Crippen LogP contribution in [0.5, 0.6) is 0 Å². The summed E-state index contributed by atoms with van der Waals surface area (Å²) in [4.78, 5) is 16.4. The lowest BCUT2D eigenvalue weighted by Gasteiger charge is -2.03. The Morgan fingerprint density at radius 2 is 2.20 bits per heavy atom. The van der Waals surface area contributed by atoms with Gasteiger partial charge in [-0.25, -0.2) is 4.98 Å². The average molecular weight is 268 g/mol. The molecule has 0 saturated heterocycles. The second-order valence-electron chi connectivity index (χ2n) is 4.91. The first kappa shape index (κ1) is 11.2. The largest absolute Gasteiger partial charge is 0.317 e. The van der Waals surface area contributed by atoms with Gasteiger partial charge in [-0.3, -0.25) is 15.0 Å². The van der Waals surface area contributed by atoms with Gasteiger partial charge in [0.15, 0.2) is 0 Å². The summed E-state index contributed by atoms with van der Waals surface area (Å²) in [6.07, 6.45) is 3.94. The highest BCUT2D eigenvalue weighted by atomic mass is 16.2. The number of H-pyrrole nitrogens is 2. The van der Waals surface area contributed by atoms with E-state index in [0.29, 0.717) is 11.6 Å². The van der Waals surface area contributed by atoms with Crippen molar-refractivity contribution in [1.29, 1.82) is 0 Å². The van der Waals surface area contributed by atoms with E-state index in [1.807, 2.05) is 18.2 Å². The number of anilines is 1. The highest BCUT2D eigenvalue weighted by Crippen LogP contribution is 2.37. The van der Waals surface area contributed by atoms with Crippen LogP contribution in [0.15, 0.2) is 24.4 Å². The number of hydrogen-bond acceptors (Lipinski definition) is 4. The normalized spacial score (nSPS) is 14.6. The molecule has 2 aromatic heterocycles.